The highest BCUT2D eigenvalue weighted by atomic mass is 16.3. The van der Waals surface area contributed by atoms with Crippen LogP contribution in [0.25, 0.3) is 11.1 Å². The normalized spacial score (nSPS) is 10.3. The van der Waals surface area contributed by atoms with E-state index in [1.165, 1.54) is 6.39 Å². The fourth-order valence-corrected chi connectivity index (χ4v) is 1.83. The molecule has 0 unspecified atom stereocenters. The molecule has 0 radical (unpaired) electrons. The Kier molecular flexibility index (Phi) is 4.14. The molecule has 0 aliphatic carbocycles. The number of amides is 1. The largest absolute Gasteiger partial charge is 0.443 e. The molecule has 1 heterocycles. The molecular weight excluding hydrogens is 242 g/mol. The SMILES string of the molecule is CN(CCc1ccc2ncoc2c1)C(=O)CCC#N. The van der Waals surface area contributed by atoms with Gasteiger partial charge in [0.15, 0.2) is 12.0 Å². The molecule has 0 saturated carbocycles. The van der Waals surface area contributed by atoms with Gasteiger partial charge in [0.1, 0.15) is 5.52 Å². The predicted octanol–water partition coefficient (Wildman–Crippen LogP) is 2.13. The van der Waals surface area contributed by atoms with Crippen molar-refractivity contribution in [2.24, 2.45) is 0 Å². The molecule has 2 aromatic rings. The Morgan fingerprint density at radius 3 is 3.16 bits per heavy atom. The second-order valence-corrected chi connectivity index (χ2v) is 4.38. The minimum Gasteiger partial charge on any atom is -0.443 e. The number of aromatic nitrogens is 1. The number of benzene rings is 1. The summed E-state index contributed by atoms with van der Waals surface area (Å²) in [6.07, 6.45) is 2.73. The third-order valence-corrected chi connectivity index (χ3v) is 3.01. The van der Waals surface area contributed by atoms with Crippen LogP contribution in [-0.4, -0.2) is 29.4 Å². The maximum atomic E-state index is 11.6. The van der Waals surface area contributed by atoms with Crippen LogP contribution in [0.5, 0.6) is 0 Å². The Hall–Kier alpha value is -2.35. The minimum absolute atomic E-state index is 0.00212. The van der Waals surface area contributed by atoms with Gasteiger partial charge in [-0.3, -0.25) is 4.79 Å². The van der Waals surface area contributed by atoms with Gasteiger partial charge in [0.25, 0.3) is 0 Å². The number of hydrogen-bond acceptors (Lipinski definition) is 4. The molecule has 0 fully saturated rings. The molecule has 0 spiro atoms. The van der Waals surface area contributed by atoms with E-state index in [-0.39, 0.29) is 18.7 Å². The lowest BCUT2D eigenvalue weighted by atomic mass is 10.1. The third-order valence-electron chi connectivity index (χ3n) is 3.01. The van der Waals surface area contributed by atoms with Crippen molar-refractivity contribution >= 4 is 17.0 Å². The van der Waals surface area contributed by atoms with Gasteiger partial charge in [0.2, 0.25) is 5.91 Å². The van der Waals surface area contributed by atoms with Crippen LogP contribution in [0.2, 0.25) is 0 Å². The van der Waals surface area contributed by atoms with Crippen LogP contribution in [0.4, 0.5) is 0 Å². The maximum Gasteiger partial charge on any atom is 0.223 e. The summed E-state index contributed by atoms with van der Waals surface area (Å²) in [4.78, 5) is 17.4. The molecule has 0 aliphatic heterocycles. The molecule has 1 aromatic heterocycles. The van der Waals surface area contributed by atoms with Crippen molar-refractivity contribution < 1.29 is 9.21 Å². The number of nitriles is 1. The van der Waals surface area contributed by atoms with Crippen LogP contribution in [0.3, 0.4) is 0 Å². The zero-order chi connectivity index (χ0) is 13.7. The first-order valence-electron chi connectivity index (χ1n) is 6.14. The summed E-state index contributed by atoms with van der Waals surface area (Å²) in [5.74, 6) is 0.00212. The van der Waals surface area contributed by atoms with Crippen molar-refractivity contribution in [3.63, 3.8) is 0 Å². The lowest BCUT2D eigenvalue weighted by Gasteiger charge is -2.16. The van der Waals surface area contributed by atoms with E-state index in [4.69, 9.17) is 9.68 Å². The van der Waals surface area contributed by atoms with Gasteiger partial charge in [-0.05, 0) is 24.1 Å². The monoisotopic (exact) mass is 257 g/mol. The van der Waals surface area contributed by atoms with E-state index in [1.807, 2.05) is 24.3 Å². The van der Waals surface area contributed by atoms with E-state index >= 15 is 0 Å². The highest BCUT2D eigenvalue weighted by molar-refractivity contribution is 5.76. The first kappa shape index (κ1) is 13.1. The van der Waals surface area contributed by atoms with E-state index < -0.39 is 0 Å². The average Bonchev–Trinajstić information content (AvgIpc) is 2.89. The molecule has 0 bridgehead atoms. The second-order valence-electron chi connectivity index (χ2n) is 4.38. The van der Waals surface area contributed by atoms with Crippen LogP contribution in [0.15, 0.2) is 29.0 Å². The highest BCUT2D eigenvalue weighted by Crippen LogP contribution is 2.14. The van der Waals surface area contributed by atoms with Gasteiger partial charge in [0.05, 0.1) is 6.07 Å². The molecule has 19 heavy (non-hydrogen) atoms. The second kappa shape index (κ2) is 6.01. The number of likely N-dealkylation sites (N-methyl/N-ethyl adjacent to an activating group) is 1. The Labute approximate surface area is 111 Å². The number of rotatable bonds is 5. The van der Waals surface area contributed by atoms with Crippen molar-refractivity contribution in [3.05, 3.63) is 30.2 Å². The van der Waals surface area contributed by atoms with Gasteiger partial charge in [-0.1, -0.05) is 6.07 Å². The van der Waals surface area contributed by atoms with Gasteiger partial charge in [-0.15, -0.1) is 0 Å². The summed E-state index contributed by atoms with van der Waals surface area (Å²) < 4.78 is 5.24. The summed E-state index contributed by atoms with van der Waals surface area (Å²) in [5.41, 5.74) is 2.70. The van der Waals surface area contributed by atoms with Crippen LogP contribution in [-0.2, 0) is 11.2 Å². The van der Waals surface area contributed by atoms with E-state index in [0.29, 0.717) is 6.54 Å². The van der Waals surface area contributed by atoms with E-state index in [0.717, 1.165) is 23.1 Å². The van der Waals surface area contributed by atoms with E-state index in [1.54, 1.807) is 11.9 Å². The summed E-state index contributed by atoms with van der Waals surface area (Å²) in [6, 6.07) is 7.81. The van der Waals surface area contributed by atoms with Crippen LogP contribution >= 0.6 is 0 Å². The zero-order valence-electron chi connectivity index (χ0n) is 10.8. The Morgan fingerprint density at radius 1 is 1.53 bits per heavy atom. The van der Waals surface area contributed by atoms with Crippen molar-refractivity contribution in [1.29, 1.82) is 5.26 Å². The molecular formula is C14H15N3O2. The Morgan fingerprint density at radius 2 is 2.37 bits per heavy atom. The zero-order valence-corrected chi connectivity index (χ0v) is 10.8. The maximum absolute atomic E-state index is 11.6. The predicted molar refractivity (Wildman–Crippen MR) is 70.2 cm³/mol. The van der Waals surface area contributed by atoms with Gasteiger partial charge < -0.3 is 9.32 Å². The number of carbonyl (C=O) groups excluding carboxylic acids is 1. The van der Waals surface area contributed by atoms with Crippen LogP contribution in [0, 0.1) is 11.3 Å². The molecule has 0 N–H and O–H groups in total. The van der Waals surface area contributed by atoms with Crippen molar-refractivity contribution in [2.75, 3.05) is 13.6 Å². The van der Waals surface area contributed by atoms with Crippen LogP contribution < -0.4 is 0 Å². The summed E-state index contributed by atoms with van der Waals surface area (Å²) >= 11 is 0. The lowest BCUT2D eigenvalue weighted by Crippen LogP contribution is -2.28. The van der Waals surface area contributed by atoms with Crippen LogP contribution in [0.1, 0.15) is 18.4 Å². The van der Waals surface area contributed by atoms with Crippen molar-refractivity contribution in [2.45, 2.75) is 19.3 Å². The lowest BCUT2D eigenvalue weighted by molar-refractivity contribution is -0.129. The first-order valence-corrected chi connectivity index (χ1v) is 6.14. The van der Waals surface area contributed by atoms with Gasteiger partial charge >= 0.3 is 0 Å². The number of nitrogens with zero attached hydrogens (tertiary/aromatic N) is 3. The van der Waals surface area contributed by atoms with Crippen molar-refractivity contribution in [1.82, 2.24) is 9.88 Å². The number of fused-ring (bicyclic) bond motifs is 1. The Bertz CT molecular complexity index is 612. The summed E-state index contributed by atoms with van der Waals surface area (Å²) in [6.45, 7) is 0.629. The fourth-order valence-electron chi connectivity index (χ4n) is 1.83. The fraction of sp³-hybridized carbons (Fsp3) is 0.357. The smallest absolute Gasteiger partial charge is 0.223 e. The molecule has 98 valence electrons. The quantitative estimate of drug-likeness (QED) is 0.822. The number of oxazole rings is 1. The molecule has 0 saturated heterocycles. The summed E-state index contributed by atoms with van der Waals surface area (Å²) in [7, 11) is 1.76. The highest BCUT2D eigenvalue weighted by Gasteiger charge is 2.08. The molecule has 0 aliphatic rings. The standard InChI is InChI=1S/C14H15N3O2/c1-17(14(18)3-2-7-15)8-6-11-4-5-12-13(9-11)19-10-16-12/h4-5,9-10H,2-3,6,8H2,1H3. The van der Waals surface area contributed by atoms with Gasteiger partial charge in [0, 0.05) is 26.4 Å². The molecule has 5 nitrogen and oxygen atoms in total. The van der Waals surface area contributed by atoms with Gasteiger partial charge in [-0.25, -0.2) is 4.98 Å². The molecule has 1 amide bonds. The molecule has 2 rings (SSSR count). The van der Waals surface area contributed by atoms with Crippen molar-refractivity contribution in [3.8, 4) is 6.07 Å². The average molecular weight is 257 g/mol. The van der Waals surface area contributed by atoms with Gasteiger partial charge in [-0.2, -0.15) is 5.26 Å². The number of carbonyl (C=O) groups is 1. The van der Waals surface area contributed by atoms with E-state index in [2.05, 4.69) is 4.98 Å². The topological polar surface area (TPSA) is 70.1 Å². The third kappa shape index (κ3) is 3.32. The van der Waals surface area contributed by atoms with E-state index in [9.17, 15) is 4.79 Å². The summed E-state index contributed by atoms with van der Waals surface area (Å²) in [5, 5.41) is 8.45. The number of hydrogen-bond donors (Lipinski definition) is 0. The molecule has 0 atom stereocenters. The minimum atomic E-state index is 0.00212. The Balaban J connectivity index is 1.91. The molecule has 1 aromatic carbocycles. The first-order chi connectivity index (χ1) is 9.20. The molecule has 5 heteroatoms.